The monoisotopic (exact) mass is 420 g/mol. The van der Waals surface area contributed by atoms with E-state index >= 15 is 0 Å². The van der Waals surface area contributed by atoms with Crippen molar-refractivity contribution in [1.82, 2.24) is 5.43 Å². The normalized spacial score (nSPS) is 12.4. The van der Waals surface area contributed by atoms with Gasteiger partial charge < -0.3 is 0 Å². The number of benzene rings is 2. The van der Waals surface area contributed by atoms with Crippen molar-refractivity contribution in [3.63, 3.8) is 0 Å². The van der Waals surface area contributed by atoms with Gasteiger partial charge in [-0.25, -0.2) is 4.39 Å². The van der Waals surface area contributed by atoms with Crippen LogP contribution in [0.15, 0.2) is 45.3 Å². The highest BCUT2D eigenvalue weighted by molar-refractivity contribution is 9.10. The molecule has 0 aliphatic rings. The Labute approximate surface area is 138 Å². The number of rotatable bonds is 4. The molecule has 0 bridgehead atoms. The van der Waals surface area contributed by atoms with Crippen molar-refractivity contribution < 1.29 is 4.39 Å². The van der Waals surface area contributed by atoms with Crippen molar-refractivity contribution in [3.8, 4) is 0 Å². The topological polar surface area (TPSA) is 38.0 Å². The molecular weight excluding hydrogens is 410 g/mol. The van der Waals surface area contributed by atoms with Crippen LogP contribution in [0.4, 0.5) is 4.39 Å². The Morgan fingerprint density at radius 2 is 1.90 bits per heavy atom. The lowest BCUT2D eigenvalue weighted by Gasteiger charge is -2.18. The molecule has 0 saturated carbocycles. The van der Waals surface area contributed by atoms with Crippen LogP contribution >= 0.6 is 43.5 Å². The molecule has 0 fully saturated rings. The molecule has 2 aromatic carbocycles. The maximum atomic E-state index is 13.8. The van der Waals surface area contributed by atoms with Gasteiger partial charge in [0.25, 0.3) is 0 Å². The highest BCUT2D eigenvalue weighted by atomic mass is 79.9. The maximum Gasteiger partial charge on any atom is 0.126 e. The van der Waals surface area contributed by atoms with Crippen LogP contribution in [0.1, 0.15) is 17.2 Å². The Morgan fingerprint density at radius 3 is 2.55 bits per heavy atom. The molecule has 3 N–H and O–H groups in total. The van der Waals surface area contributed by atoms with Gasteiger partial charge in [0.15, 0.2) is 0 Å². The summed E-state index contributed by atoms with van der Waals surface area (Å²) in [6.07, 6.45) is 0.425. The largest absolute Gasteiger partial charge is 0.271 e. The minimum Gasteiger partial charge on any atom is -0.271 e. The van der Waals surface area contributed by atoms with E-state index in [0.717, 1.165) is 14.5 Å². The summed E-state index contributed by atoms with van der Waals surface area (Å²) in [6.45, 7) is 0. The van der Waals surface area contributed by atoms with Gasteiger partial charge in [-0.15, -0.1) is 0 Å². The SMILES string of the molecule is NNC(Cc1cc(Br)ccc1F)c1cc(Cl)cc(Br)c1. The summed E-state index contributed by atoms with van der Waals surface area (Å²) in [7, 11) is 0. The van der Waals surface area contributed by atoms with E-state index in [1.807, 2.05) is 12.1 Å². The summed E-state index contributed by atoms with van der Waals surface area (Å²) >= 11 is 12.8. The second kappa shape index (κ2) is 7.00. The molecule has 2 aromatic rings. The highest BCUT2D eigenvalue weighted by Gasteiger charge is 2.14. The van der Waals surface area contributed by atoms with E-state index in [1.54, 1.807) is 18.2 Å². The van der Waals surface area contributed by atoms with Crippen molar-refractivity contribution in [1.29, 1.82) is 0 Å². The molecule has 0 spiro atoms. The summed E-state index contributed by atoms with van der Waals surface area (Å²) in [5.74, 6) is 5.34. The van der Waals surface area contributed by atoms with Crippen LogP contribution in [-0.2, 0) is 6.42 Å². The number of hydrazine groups is 1. The van der Waals surface area contributed by atoms with Crippen LogP contribution in [0.25, 0.3) is 0 Å². The van der Waals surface area contributed by atoms with E-state index in [2.05, 4.69) is 37.3 Å². The quantitative estimate of drug-likeness (QED) is 0.551. The summed E-state index contributed by atoms with van der Waals surface area (Å²) in [6, 6.07) is 10.1. The molecule has 0 amide bonds. The van der Waals surface area contributed by atoms with Gasteiger partial charge in [-0.05, 0) is 53.9 Å². The van der Waals surface area contributed by atoms with Gasteiger partial charge in [0.2, 0.25) is 0 Å². The minimum atomic E-state index is -0.255. The third kappa shape index (κ3) is 4.02. The molecule has 106 valence electrons. The molecule has 0 radical (unpaired) electrons. The zero-order valence-electron chi connectivity index (χ0n) is 10.3. The first-order valence-electron chi connectivity index (χ1n) is 5.85. The highest BCUT2D eigenvalue weighted by Crippen LogP contribution is 2.27. The van der Waals surface area contributed by atoms with Gasteiger partial charge in [-0.2, -0.15) is 0 Å². The fraction of sp³-hybridized carbons (Fsp3) is 0.143. The van der Waals surface area contributed by atoms with Crippen LogP contribution in [0, 0.1) is 5.82 Å². The molecule has 0 aliphatic carbocycles. The molecule has 2 rings (SSSR count). The Balaban J connectivity index is 2.30. The first kappa shape index (κ1) is 15.9. The zero-order valence-corrected chi connectivity index (χ0v) is 14.3. The second-order valence-electron chi connectivity index (χ2n) is 4.36. The maximum absolute atomic E-state index is 13.8. The average molecular weight is 423 g/mol. The number of nitrogens with two attached hydrogens (primary N) is 1. The van der Waals surface area contributed by atoms with E-state index in [0.29, 0.717) is 17.0 Å². The predicted octanol–water partition coefficient (Wildman–Crippen LogP) is 4.75. The van der Waals surface area contributed by atoms with Crippen LogP contribution in [0.2, 0.25) is 5.02 Å². The first-order valence-corrected chi connectivity index (χ1v) is 7.82. The molecule has 1 unspecified atom stereocenters. The summed E-state index contributed by atoms with van der Waals surface area (Å²) in [5, 5.41) is 0.601. The molecule has 1 atom stereocenters. The van der Waals surface area contributed by atoms with E-state index in [1.165, 1.54) is 6.07 Å². The number of hydrogen-bond donors (Lipinski definition) is 2. The number of halogens is 4. The summed E-state index contributed by atoms with van der Waals surface area (Å²) < 4.78 is 15.5. The average Bonchev–Trinajstić information content (AvgIpc) is 2.38. The third-order valence-corrected chi connectivity index (χ3v) is 4.09. The van der Waals surface area contributed by atoms with E-state index < -0.39 is 0 Å². The Morgan fingerprint density at radius 1 is 1.15 bits per heavy atom. The van der Waals surface area contributed by atoms with Gasteiger partial charge in [-0.1, -0.05) is 43.5 Å². The molecular formula is C14H12Br2ClFN2. The first-order chi connectivity index (χ1) is 9.49. The van der Waals surface area contributed by atoms with Crippen molar-refractivity contribution in [3.05, 3.63) is 67.3 Å². The van der Waals surface area contributed by atoms with Gasteiger partial charge in [0, 0.05) is 14.0 Å². The lowest BCUT2D eigenvalue weighted by molar-refractivity contribution is 0.529. The molecule has 6 heteroatoms. The molecule has 0 saturated heterocycles. The van der Waals surface area contributed by atoms with Gasteiger partial charge in [-0.3, -0.25) is 11.3 Å². The molecule has 0 heterocycles. The number of nitrogens with one attached hydrogen (secondary N) is 1. The Bertz CT molecular complexity index is 602. The Kier molecular flexibility index (Phi) is 5.57. The van der Waals surface area contributed by atoms with Crippen LogP contribution in [0.5, 0.6) is 0 Å². The van der Waals surface area contributed by atoms with E-state index in [4.69, 9.17) is 17.4 Å². The lowest BCUT2D eigenvalue weighted by atomic mass is 9.99. The lowest BCUT2D eigenvalue weighted by Crippen LogP contribution is -2.29. The standard InChI is InChI=1S/C14H12Br2ClFN2/c15-10-1-2-13(18)8(3-10)6-14(20-19)9-4-11(16)7-12(17)5-9/h1-5,7,14,20H,6,19H2. The van der Waals surface area contributed by atoms with Crippen LogP contribution in [0.3, 0.4) is 0 Å². The van der Waals surface area contributed by atoms with Gasteiger partial charge in [0.1, 0.15) is 5.82 Å². The van der Waals surface area contributed by atoms with Crippen LogP contribution < -0.4 is 11.3 Å². The smallest absolute Gasteiger partial charge is 0.126 e. The van der Waals surface area contributed by atoms with Crippen LogP contribution in [-0.4, -0.2) is 0 Å². The summed E-state index contributed by atoms with van der Waals surface area (Å²) in [5.41, 5.74) is 4.18. The van der Waals surface area contributed by atoms with Gasteiger partial charge in [0.05, 0.1) is 6.04 Å². The fourth-order valence-electron chi connectivity index (χ4n) is 1.97. The third-order valence-electron chi connectivity index (χ3n) is 2.92. The van der Waals surface area contributed by atoms with Crippen molar-refractivity contribution in [2.24, 2.45) is 5.84 Å². The molecule has 0 aromatic heterocycles. The van der Waals surface area contributed by atoms with E-state index in [-0.39, 0.29) is 11.9 Å². The van der Waals surface area contributed by atoms with Crippen molar-refractivity contribution in [2.45, 2.75) is 12.5 Å². The van der Waals surface area contributed by atoms with Gasteiger partial charge >= 0.3 is 0 Å². The Hall–Kier alpha value is -0.460. The van der Waals surface area contributed by atoms with E-state index in [9.17, 15) is 4.39 Å². The summed E-state index contributed by atoms with van der Waals surface area (Å²) in [4.78, 5) is 0. The minimum absolute atomic E-state index is 0.228. The fourth-order valence-corrected chi connectivity index (χ4v) is 3.26. The second-order valence-corrected chi connectivity index (χ2v) is 6.63. The van der Waals surface area contributed by atoms with Crippen molar-refractivity contribution >= 4 is 43.5 Å². The molecule has 2 nitrogen and oxygen atoms in total. The molecule has 0 aliphatic heterocycles. The molecule has 20 heavy (non-hydrogen) atoms. The number of hydrogen-bond acceptors (Lipinski definition) is 2. The zero-order chi connectivity index (χ0) is 14.7. The predicted molar refractivity (Wildman–Crippen MR) is 87.0 cm³/mol. The van der Waals surface area contributed by atoms with Crippen molar-refractivity contribution in [2.75, 3.05) is 0 Å².